The average molecular weight is 801 g/mol. The van der Waals surface area contributed by atoms with Crippen LogP contribution in [0.1, 0.15) is 119 Å². The molecule has 14 atom stereocenters. The van der Waals surface area contributed by atoms with Crippen LogP contribution in [0.4, 0.5) is 0 Å². The predicted octanol–water partition coefficient (Wildman–Crippen LogP) is 5.21. The summed E-state index contributed by atoms with van der Waals surface area (Å²) < 4.78 is 18.2. The van der Waals surface area contributed by atoms with Crippen LogP contribution in [-0.4, -0.2) is 106 Å². The lowest BCUT2D eigenvalue weighted by atomic mass is 9.76. The molecule has 0 unspecified atom stereocenters. The molecular weight excluding hydrogens is 728 g/mol. The van der Waals surface area contributed by atoms with Crippen molar-refractivity contribution in [3.8, 4) is 0 Å². The summed E-state index contributed by atoms with van der Waals surface area (Å²) in [6.07, 6.45) is 9.49. The van der Waals surface area contributed by atoms with Crippen LogP contribution in [0, 0.1) is 41.4 Å². The first-order valence-electron chi connectivity index (χ1n) is 21.5. The number of allylic oxidation sites excluding steroid dienone is 4. The van der Waals surface area contributed by atoms with Crippen molar-refractivity contribution in [2.24, 2.45) is 47.2 Å². The maximum Gasteiger partial charge on any atom is 0.329 e. The summed E-state index contributed by atoms with van der Waals surface area (Å²) in [5.41, 5.74) is 7.43. The van der Waals surface area contributed by atoms with Crippen LogP contribution in [0.5, 0.6) is 0 Å². The van der Waals surface area contributed by atoms with Crippen molar-refractivity contribution in [3.63, 3.8) is 0 Å². The molecule has 1 aliphatic carbocycles. The van der Waals surface area contributed by atoms with Crippen molar-refractivity contribution in [2.45, 2.75) is 161 Å². The molecule has 5 N–H and O–H groups in total. The summed E-state index contributed by atoms with van der Waals surface area (Å²) in [6.45, 7) is 14.0. The van der Waals surface area contributed by atoms with Gasteiger partial charge in [0.1, 0.15) is 17.9 Å². The van der Waals surface area contributed by atoms with Gasteiger partial charge in [-0.15, -0.1) is 0 Å². The lowest BCUT2D eigenvalue weighted by molar-refractivity contribution is -0.282. The molecule has 0 radical (unpaired) electrons. The Balaban J connectivity index is 1.77. The second-order valence-corrected chi connectivity index (χ2v) is 18.1. The van der Waals surface area contributed by atoms with E-state index in [2.05, 4.69) is 6.92 Å². The molecule has 322 valence electrons. The Morgan fingerprint density at radius 3 is 2.35 bits per heavy atom. The van der Waals surface area contributed by atoms with E-state index in [0.29, 0.717) is 63.5 Å². The van der Waals surface area contributed by atoms with E-state index in [1.807, 2.05) is 52.0 Å². The first-order valence-corrected chi connectivity index (χ1v) is 21.5. The fourth-order valence-corrected chi connectivity index (χ4v) is 9.97. The number of nitrogens with zero attached hydrogens (tertiary/aromatic N) is 1. The van der Waals surface area contributed by atoms with Crippen molar-refractivity contribution >= 4 is 23.4 Å². The van der Waals surface area contributed by atoms with E-state index in [1.165, 1.54) is 4.90 Å². The molecular formula is C45H72N2O10. The van der Waals surface area contributed by atoms with E-state index in [-0.39, 0.29) is 54.9 Å². The van der Waals surface area contributed by atoms with Gasteiger partial charge in [-0.2, -0.15) is 0 Å². The number of carbonyl (C=O) groups excluding carboxylic acids is 4. The van der Waals surface area contributed by atoms with E-state index in [1.54, 1.807) is 21.0 Å². The van der Waals surface area contributed by atoms with Crippen molar-refractivity contribution in [1.82, 2.24) is 4.90 Å². The lowest BCUT2D eigenvalue weighted by Crippen LogP contribution is -2.62. The van der Waals surface area contributed by atoms with Gasteiger partial charge >= 0.3 is 5.97 Å². The number of Topliss-reactive ketones (excluding diaryl/α,β-unsaturated/α-hetero) is 2. The molecule has 3 heterocycles. The summed E-state index contributed by atoms with van der Waals surface area (Å²) in [6, 6.07) is -1.10. The number of aliphatic hydroxyl groups excluding tert-OH is 2. The number of esters is 1. The van der Waals surface area contributed by atoms with Crippen molar-refractivity contribution in [1.29, 1.82) is 0 Å². The van der Waals surface area contributed by atoms with Crippen LogP contribution in [0.15, 0.2) is 35.5 Å². The Bertz CT molecular complexity index is 1490. The number of hydrogen-bond donors (Lipinski definition) is 4. The molecule has 0 aromatic rings. The van der Waals surface area contributed by atoms with Gasteiger partial charge in [0.25, 0.3) is 11.7 Å². The van der Waals surface area contributed by atoms with Crippen LogP contribution in [0.25, 0.3) is 0 Å². The van der Waals surface area contributed by atoms with Crippen LogP contribution in [-0.2, 0) is 33.4 Å². The van der Waals surface area contributed by atoms with Crippen LogP contribution < -0.4 is 5.73 Å². The van der Waals surface area contributed by atoms with Gasteiger partial charge < -0.3 is 40.2 Å². The molecule has 2 bridgehead atoms. The van der Waals surface area contributed by atoms with E-state index in [0.717, 1.165) is 12.0 Å². The maximum atomic E-state index is 14.3. The number of nitrogens with two attached hydrogens (primary N) is 1. The van der Waals surface area contributed by atoms with Crippen LogP contribution >= 0.6 is 0 Å². The highest BCUT2D eigenvalue weighted by atomic mass is 16.6. The number of rotatable bonds is 6. The summed E-state index contributed by atoms with van der Waals surface area (Å²) in [4.78, 5) is 57.9. The Morgan fingerprint density at radius 2 is 1.67 bits per heavy atom. The van der Waals surface area contributed by atoms with Crippen molar-refractivity contribution in [2.75, 3.05) is 20.2 Å². The quantitative estimate of drug-likeness (QED) is 0.157. The van der Waals surface area contributed by atoms with Gasteiger partial charge in [-0.3, -0.25) is 14.4 Å². The third-order valence-corrected chi connectivity index (χ3v) is 13.2. The Hall–Kier alpha value is -2.74. The first kappa shape index (κ1) is 46.9. The van der Waals surface area contributed by atoms with Gasteiger partial charge in [-0.05, 0) is 107 Å². The van der Waals surface area contributed by atoms with E-state index in [9.17, 15) is 34.5 Å². The molecule has 4 aliphatic rings. The van der Waals surface area contributed by atoms with Gasteiger partial charge in [0.15, 0.2) is 0 Å². The maximum absolute atomic E-state index is 14.3. The highest BCUT2D eigenvalue weighted by molar-refractivity contribution is 6.39. The minimum absolute atomic E-state index is 0.000234. The Kier molecular flexibility index (Phi) is 17.3. The fourth-order valence-electron chi connectivity index (χ4n) is 9.97. The molecule has 57 heavy (non-hydrogen) atoms. The summed E-state index contributed by atoms with van der Waals surface area (Å²) in [5.74, 6) is -7.04. The molecule has 1 saturated carbocycles. The number of aliphatic hydroxyl groups is 3. The number of ketones is 2. The molecule has 12 heteroatoms. The summed E-state index contributed by atoms with van der Waals surface area (Å²) in [7, 11) is 1.57. The monoisotopic (exact) mass is 801 g/mol. The topological polar surface area (TPSA) is 186 Å². The normalized spacial score (nSPS) is 41.2. The number of amides is 1. The van der Waals surface area contributed by atoms with E-state index in [4.69, 9.17) is 19.9 Å². The molecule has 2 saturated heterocycles. The predicted molar refractivity (Wildman–Crippen MR) is 217 cm³/mol. The molecule has 1 amide bonds. The third-order valence-electron chi connectivity index (χ3n) is 13.2. The van der Waals surface area contributed by atoms with Crippen molar-refractivity contribution in [3.05, 3.63) is 35.5 Å². The second kappa shape index (κ2) is 21.0. The van der Waals surface area contributed by atoms with Gasteiger partial charge in [-0.1, -0.05) is 64.5 Å². The van der Waals surface area contributed by atoms with E-state index < -0.39 is 71.7 Å². The zero-order valence-corrected chi connectivity index (χ0v) is 35.7. The fraction of sp³-hybridized carbons (Fsp3) is 0.778. The van der Waals surface area contributed by atoms with E-state index >= 15 is 0 Å². The average Bonchev–Trinajstić information content (AvgIpc) is 3.17. The zero-order valence-electron chi connectivity index (χ0n) is 35.7. The SMILES string of the molecule is CO[C@@H]1C[C@H](/C=C(\C)[C@H]2OC(=O)[C@@H]3CCCCN3C(=O)C(=O)[C@]3(O)O[C@H]([C@@H](C)C[C@@H](C)C/C(C)=C/[C@@H](C/C=C/CN)C(=O)C[C@H](O)[C@H]2C)[C@@H](C)C[C@H]3C)CC[C@H]1O. The smallest absolute Gasteiger partial charge is 0.329 e. The molecule has 4 rings (SSSR count). The van der Waals surface area contributed by atoms with Crippen molar-refractivity contribution < 1.29 is 48.7 Å². The minimum Gasteiger partial charge on any atom is -0.456 e. The molecule has 3 aliphatic heterocycles. The first-order chi connectivity index (χ1) is 26.9. The molecule has 0 aromatic heterocycles. The van der Waals surface area contributed by atoms with Crippen LogP contribution in [0.2, 0.25) is 0 Å². The summed E-state index contributed by atoms with van der Waals surface area (Å²) in [5, 5.41) is 34.2. The Morgan fingerprint density at radius 1 is 0.965 bits per heavy atom. The summed E-state index contributed by atoms with van der Waals surface area (Å²) >= 11 is 0. The van der Waals surface area contributed by atoms with Gasteiger partial charge in [0, 0.05) is 44.4 Å². The number of piperidine rings is 1. The largest absolute Gasteiger partial charge is 0.456 e. The minimum atomic E-state index is -2.36. The number of cyclic esters (lactones) is 1. The highest BCUT2D eigenvalue weighted by Gasteiger charge is 2.55. The number of fused-ring (bicyclic) bond motifs is 3. The highest BCUT2D eigenvalue weighted by Crippen LogP contribution is 2.42. The number of hydrogen-bond acceptors (Lipinski definition) is 11. The number of carbonyl (C=O) groups is 4. The lowest BCUT2D eigenvalue weighted by Gasteiger charge is -2.46. The standard InChI is InChI=1S/C45H72N2O10/c1-26-19-27(2)21-34(13-9-11-17-46)38(50)25-37(49)32(7)41(30(5)23-33-15-16-36(48)39(24-33)55-8)56-44(53)35-14-10-12-18-47(35)43(52)42(51)45(54)31(6)22-29(4)40(57-45)28(3)20-26/h9,11,21,23,26,28-29,31-37,39-41,48-49,54H,10,12-20,22,24-25,46H2,1-8H3/b11-9+,27-21+,30-23+/t26-,28-,29-,31+,32+,33-,34+,35-,36+,37-,39+,40+,41+,45+/m0/s1. The second-order valence-electron chi connectivity index (χ2n) is 18.1. The number of methoxy groups -OCH3 is 1. The van der Waals surface area contributed by atoms with Gasteiger partial charge in [0.2, 0.25) is 5.79 Å². The molecule has 12 nitrogen and oxygen atoms in total. The molecule has 0 aromatic carbocycles. The number of ether oxygens (including phenoxy) is 3. The molecule has 3 fully saturated rings. The van der Waals surface area contributed by atoms with Gasteiger partial charge in [-0.25, -0.2) is 4.79 Å². The van der Waals surface area contributed by atoms with Gasteiger partial charge in [0.05, 0.1) is 24.4 Å². The zero-order chi connectivity index (χ0) is 42.2. The third kappa shape index (κ3) is 11.7. The molecule has 0 spiro atoms. The van der Waals surface area contributed by atoms with Crippen LogP contribution in [0.3, 0.4) is 0 Å². The Labute approximate surface area is 340 Å².